The molecule has 0 bridgehead atoms. The van der Waals surface area contributed by atoms with Crippen LogP contribution in [0.25, 0.3) is 0 Å². The lowest BCUT2D eigenvalue weighted by Crippen LogP contribution is -2.39. The molecule has 0 aliphatic carbocycles. The van der Waals surface area contributed by atoms with E-state index >= 15 is 0 Å². The third kappa shape index (κ3) is 3.97. The molecule has 0 amide bonds. The summed E-state index contributed by atoms with van der Waals surface area (Å²) in [5.41, 5.74) is 0. The van der Waals surface area contributed by atoms with Crippen molar-refractivity contribution < 1.29 is 26.0 Å². The van der Waals surface area contributed by atoms with Crippen LogP contribution in [0.1, 0.15) is 0 Å². The predicted molar refractivity (Wildman–Crippen MR) is 43.2 cm³/mol. The average Bonchev–Trinajstić information content (AvgIpc) is 2.02. The van der Waals surface area contributed by atoms with Gasteiger partial charge in [0.1, 0.15) is 0 Å². The topological polar surface area (TPSA) is 37.4 Å². The second-order valence-corrected chi connectivity index (χ2v) is 4.52. The number of nitrogens with zero attached hydrogens (tertiary/aromatic N) is 1. The molecule has 0 aromatic rings. The lowest BCUT2D eigenvalue weighted by atomic mass is 10.6. The molecular weight excluding hydrogens is 250 g/mol. The first-order chi connectivity index (χ1) is 6.32. The molecule has 86 valence electrons. The second-order valence-electron chi connectivity index (χ2n) is 2.24. The Bertz CT molecular complexity index is 258. The Morgan fingerprint density at radius 2 is 1.71 bits per heavy atom. The number of hydrogen-bond acceptors (Lipinski definition) is 2. The Balaban J connectivity index is 4.64. The summed E-state index contributed by atoms with van der Waals surface area (Å²) in [5.74, 6) is -4.02. The second kappa shape index (κ2) is 5.72. The molecule has 0 aromatic carbocycles. The van der Waals surface area contributed by atoms with Crippen LogP contribution in [0.15, 0.2) is 0 Å². The van der Waals surface area contributed by atoms with Gasteiger partial charge in [-0.1, -0.05) is 0 Å². The molecular formula is C5H8ClF4NO2S. The molecule has 0 radical (unpaired) electrons. The average molecular weight is 258 g/mol. The van der Waals surface area contributed by atoms with E-state index in [1.54, 1.807) is 0 Å². The number of alkyl halides is 5. The van der Waals surface area contributed by atoms with Gasteiger partial charge in [-0.15, -0.1) is 11.6 Å². The van der Waals surface area contributed by atoms with Crippen LogP contribution in [0.5, 0.6) is 0 Å². The van der Waals surface area contributed by atoms with Gasteiger partial charge >= 0.3 is 5.76 Å². The fraction of sp³-hybridized carbons (Fsp3) is 1.00. The van der Waals surface area contributed by atoms with Crippen molar-refractivity contribution in [2.24, 2.45) is 0 Å². The van der Waals surface area contributed by atoms with Crippen molar-refractivity contribution in [1.29, 1.82) is 0 Å². The van der Waals surface area contributed by atoms with E-state index in [4.69, 9.17) is 11.6 Å². The normalized spacial score (nSPS) is 13.1. The van der Waals surface area contributed by atoms with Crippen molar-refractivity contribution in [3.63, 3.8) is 0 Å². The van der Waals surface area contributed by atoms with Gasteiger partial charge in [0.25, 0.3) is 16.4 Å². The first-order valence-electron chi connectivity index (χ1n) is 3.43. The van der Waals surface area contributed by atoms with Crippen LogP contribution in [0.2, 0.25) is 0 Å². The Morgan fingerprint density at radius 3 is 2.00 bits per heavy atom. The van der Waals surface area contributed by atoms with Gasteiger partial charge in [0, 0.05) is 12.4 Å². The zero-order valence-electron chi connectivity index (χ0n) is 6.84. The van der Waals surface area contributed by atoms with Crippen molar-refractivity contribution >= 4 is 21.6 Å². The molecule has 9 heteroatoms. The maximum absolute atomic E-state index is 11.9. The highest BCUT2D eigenvalue weighted by atomic mass is 35.5. The van der Waals surface area contributed by atoms with Gasteiger partial charge in [-0.2, -0.15) is 13.1 Å². The number of sulfonamides is 1. The summed E-state index contributed by atoms with van der Waals surface area (Å²) in [4.78, 5) is 0. The number of rotatable bonds is 6. The third-order valence-electron chi connectivity index (χ3n) is 1.26. The summed E-state index contributed by atoms with van der Waals surface area (Å²) in [7, 11) is -4.96. The molecule has 0 aromatic heterocycles. The van der Waals surface area contributed by atoms with Gasteiger partial charge < -0.3 is 0 Å². The van der Waals surface area contributed by atoms with Crippen molar-refractivity contribution in [2.45, 2.75) is 12.2 Å². The standard InChI is InChI=1S/C5H8ClF4NO2S/c6-1-2-11(3-4(7)8)14(12,13)5(9)10/h4-5H,1-3H2. The van der Waals surface area contributed by atoms with Crippen LogP contribution in [0.4, 0.5) is 17.6 Å². The van der Waals surface area contributed by atoms with Crippen LogP contribution in [-0.4, -0.2) is 43.9 Å². The largest absolute Gasteiger partial charge is 0.350 e. The Morgan fingerprint density at radius 1 is 1.21 bits per heavy atom. The minimum atomic E-state index is -4.96. The quantitative estimate of drug-likeness (QED) is 0.532. The van der Waals surface area contributed by atoms with Gasteiger partial charge in [0.05, 0.1) is 6.54 Å². The summed E-state index contributed by atoms with van der Waals surface area (Å²) < 4.78 is 68.9. The lowest BCUT2D eigenvalue weighted by molar-refractivity contribution is 0.117. The monoisotopic (exact) mass is 257 g/mol. The van der Waals surface area contributed by atoms with Gasteiger partial charge in [0.2, 0.25) is 0 Å². The zero-order valence-corrected chi connectivity index (χ0v) is 8.41. The third-order valence-corrected chi connectivity index (χ3v) is 2.93. The van der Waals surface area contributed by atoms with E-state index in [9.17, 15) is 26.0 Å². The maximum atomic E-state index is 11.9. The first kappa shape index (κ1) is 13.9. The van der Waals surface area contributed by atoms with E-state index < -0.39 is 35.3 Å². The lowest BCUT2D eigenvalue weighted by Gasteiger charge is -2.19. The van der Waals surface area contributed by atoms with Crippen molar-refractivity contribution in [2.75, 3.05) is 19.0 Å². The van der Waals surface area contributed by atoms with Crippen molar-refractivity contribution in [3.8, 4) is 0 Å². The van der Waals surface area contributed by atoms with Crippen LogP contribution < -0.4 is 0 Å². The summed E-state index contributed by atoms with van der Waals surface area (Å²) in [6, 6.07) is 0. The highest BCUT2D eigenvalue weighted by molar-refractivity contribution is 7.89. The molecule has 0 unspecified atom stereocenters. The molecule has 0 saturated heterocycles. The zero-order chi connectivity index (χ0) is 11.4. The molecule has 0 N–H and O–H groups in total. The highest BCUT2D eigenvalue weighted by Gasteiger charge is 2.33. The van der Waals surface area contributed by atoms with Crippen LogP contribution in [0.3, 0.4) is 0 Å². The molecule has 0 aliphatic heterocycles. The molecule has 0 heterocycles. The van der Waals surface area contributed by atoms with Gasteiger partial charge in [-0.05, 0) is 0 Å². The molecule has 0 atom stereocenters. The number of halogens is 5. The molecule has 14 heavy (non-hydrogen) atoms. The SMILES string of the molecule is O=S(=O)(C(F)F)N(CCCl)CC(F)F. The predicted octanol–water partition coefficient (Wildman–Crippen LogP) is 1.34. The van der Waals surface area contributed by atoms with Crippen molar-refractivity contribution in [3.05, 3.63) is 0 Å². The maximum Gasteiger partial charge on any atom is 0.350 e. The minimum Gasteiger partial charge on any atom is -0.209 e. The molecule has 0 fully saturated rings. The van der Waals surface area contributed by atoms with E-state index in [2.05, 4.69) is 0 Å². The van der Waals surface area contributed by atoms with Gasteiger partial charge in [-0.25, -0.2) is 17.2 Å². The molecule has 3 nitrogen and oxygen atoms in total. The number of hydrogen-bond donors (Lipinski definition) is 0. The Hall–Kier alpha value is -0.0800. The summed E-state index contributed by atoms with van der Waals surface area (Å²) >= 11 is 5.09. The highest BCUT2D eigenvalue weighted by Crippen LogP contribution is 2.13. The van der Waals surface area contributed by atoms with Crippen LogP contribution in [-0.2, 0) is 10.0 Å². The van der Waals surface area contributed by atoms with E-state index in [1.165, 1.54) is 0 Å². The molecule has 0 aliphatic rings. The Kier molecular flexibility index (Phi) is 5.68. The summed E-state index contributed by atoms with van der Waals surface area (Å²) in [6.45, 7) is -1.82. The first-order valence-corrected chi connectivity index (χ1v) is 5.47. The fourth-order valence-electron chi connectivity index (χ4n) is 0.683. The van der Waals surface area contributed by atoms with Crippen LogP contribution in [0, 0.1) is 0 Å². The molecule has 0 spiro atoms. The van der Waals surface area contributed by atoms with E-state index in [0.717, 1.165) is 0 Å². The van der Waals surface area contributed by atoms with Gasteiger partial charge in [-0.3, -0.25) is 0 Å². The summed E-state index contributed by atoms with van der Waals surface area (Å²) in [6.07, 6.45) is -3.01. The van der Waals surface area contributed by atoms with E-state index in [-0.39, 0.29) is 10.2 Å². The molecule has 0 saturated carbocycles. The summed E-state index contributed by atoms with van der Waals surface area (Å²) in [5, 5.41) is 0. The fourth-order valence-corrected chi connectivity index (χ4v) is 1.88. The van der Waals surface area contributed by atoms with Crippen molar-refractivity contribution in [1.82, 2.24) is 4.31 Å². The van der Waals surface area contributed by atoms with E-state index in [1.807, 2.05) is 0 Å². The van der Waals surface area contributed by atoms with Gasteiger partial charge in [0.15, 0.2) is 0 Å². The molecule has 0 rings (SSSR count). The smallest absolute Gasteiger partial charge is 0.209 e. The minimum absolute atomic E-state index is 0.0185. The van der Waals surface area contributed by atoms with Crippen LogP contribution >= 0.6 is 11.6 Å². The Labute approximate surface area is 83.7 Å². The van der Waals surface area contributed by atoms with E-state index in [0.29, 0.717) is 0 Å².